The molecule has 1 radical (unpaired) electrons. The van der Waals surface area contributed by atoms with Crippen molar-refractivity contribution in [3.8, 4) is 0 Å². The standard InChI is InChI=1S/C9H19BN/c1-6(2)9(7(3)11)8(4,5)10-9/h6-7H,11H2,1-5H3. The highest BCUT2D eigenvalue weighted by molar-refractivity contribution is 6.60. The van der Waals surface area contributed by atoms with Crippen LogP contribution in [0.25, 0.3) is 0 Å². The van der Waals surface area contributed by atoms with E-state index < -0.39 is 0 Å². The first-order valence-corrected chi connectivity index (χ1v) is 4.47. The van der Waals surface area contributed by atoms with Gasteiger partial charge >= 0.3 is 0 Å². The van der Waals surface area contributed by atoms with Crippen molar-refractivity contribution in [3.05, 3.63) is 0 Å². The van der Waals surface area contributed by atoms with Gasteiger partial charge in [-0.1, -0.05) is 39.9 Å². The molecule has 2 unspecified atom stereocenters. The van der Waals surface area contributed by atoms with Gasteiger partial charge in [-0.05, 0) is 17.3 Å². The molecule has 1 saturated heterocycles. The lowest BCUT2D eigenvalue weighted by molar-refractivity contribution is 0.361. The largest absolute Gasteiger partial charge is 0.328 e. The summed E-state index contributed by atoms with van der Waals surface area (Å²) in [5.41, 5.74) is 5.98. The maximum atomic E-state index is 5.98. The van der Waals surface area contributed by atoms with Crippen molar-refractivity contribution in [1.29, 1.82) is 0 Å². The van der Waals surface area contributed by atoms with Crippen molar-refractivity contribution in [3.63, 3.8) is 0 Å². The van der Waals surface area contributed by atoms with E-state index in [0.29, 0.717) is 16.5 Å². The minimum atomic E-state index is 0.289. The molecule has 1 aliphatic rings. The van der Waals surface area contributed by atoms with Crippen molar-refractivity contribution in [1.82, 2.24) is 0 Å². The van der Waals surface area contributed by atoms with Gasteiger partial charge in [0.15, 0.2) is 0 Å². The minimum Gasteiger partial charge on any atom is -0.328 e. The Morgan fingerprint density at radius 1 is 1.18 bits per heavy atom. The first-order valence-electron chi connectivity index (χ1n) is 4.47. The van der Waals surface area contributed by atoms with Crippen molar-refractivity contribution < 1.29 is 0 Å². The molecule has 11 heavy (non-hydrogen) atoms. The Bertz CT molecular complexity index is 153. The van der Waals surface area contributed by atoms with E-state index in [1.54, 1.807) is 0 Å². The molecule has 0 amide bonds. The zero-order chi connectivity index (χ0) is 8.86. The third-order valence-electron chi connectivity index (χ3n) is 3.34. The first-order chi connectivity index (χ1) is 4.84. The normalized spacial score (nSPS) is 36.6. The van der Waals surface area contributed by atoms with E-state index in [-0.39, 0.29) is 6.04 Å². The second kappa shape index (κ2) is 2.26. The van der Waals surface area contributed by atoms with Gasteiger partial charge < -0.3 is 5.73 Å². The van der Waals surface area contributed by atoms with E-state index >= 15 is 0 Å². The molecule has 63 valence electrons. The molecular formula is C9H19BN. The molecule has 1 rings (SSSR count). The van der Waals surface area contributed by atoms with Gasteiger partial charge in [0.1, 0.15) is 7.28 Å². The summed E-state index contributed by atoms with van der Waals surface area (Å²) < 4.78 is 0. The molecule has 1 nitrogen and oxygen atoms in total. The van der Waals surface area contributed by atoms with Gasteiger partial charge in [-0.25, -0.2) is 0 Å². The molecule has 0 aromatic heterocycles. The molecule has 0 spiro atoms. The van der Waals surface area contributed by atoms with Gasteiger partial charge in [0.2, 0.25) is 0 Å². The summed E-state index contributed by atoms with van der Waals surface area (Å²) in [6.45, 7) is 11.2. The Labute approximate surface area is 71.0 Å². The van der Waals surface area contributed by atoms with Gasteiger partial charge in [0, 0.05) is 0 Å². The molecule has 1 heterocycles. The second-order valence-electron chi connectivity index (χ2n) is 4.74. The van der Waals surface area contributed by atoms with Crippen LogP contribution in [0.2, 0.25) is 10.6 Å². The van der Waals surface area contributed by atoms with Crippen LogP contribution >= 0.6 is 0 Å². The van der Waals surface area contributed by atoms with E-state index in [1.807, 2.05) is 0 Å². The number of hydrogen-bond donors (Lipinski definition) is 1. The highest BCUT2D eigenvalue weighted by Crippen LogP contribution is 2.73. The molecule has 0 aromatic rings. The fourth-order valence-electron chi connectivity index (χ4n) is 2.72. The Kier molecular flexibility index (Phi) is 1.87. The zero-order valence-electron chi connectivity index (χ0n) is 8.31. The molecule has 2 atom stereocenters. The topological polar surface area (TPSA) is 26.0 Å². The van der Waals surface area contributed by atoms with Crippen LogP contribution in [-0.4, -0.2) is 13.3 Å². The molecular weight excluding hydrogens is 133 g/mol. The van der Waals surface area contributed by atoms with Gasteiger partial charge in [-0.2, -0.15) is 0 Å². The summed E-state index contributed by atoms with van der Waals surface area (Å²) in [6, 6.07) is 0.289. The van der Waals surface area contributed by atoms with Crippen LogP contribution in [0.4, 0.5) is 0 Å². The summed E-state index contributed by atoms with van der Waals surface area (Å²) >= 11 is 0. The summed E-state index contributed by atoms with van der Waals surface area (Å²) in [7, 11) is 2.40. The summed E-state index contributed by atoms with van der Waals surface area (Å²) in [5, 5.41) is 0.655. The van der Waals surface area contributed by atoms with E-state index in [4.69, 9.17) is 5.73 Å². The van der Waals surface area contributed by atoms with Crippen LogP contribution in [0.15, 0.2) is 0 Å². The Morgan fingerprint density at radius 2 is 1.55 bits per heavy atom. The maximum Gasteiger partial charge on any atom is 0.127 e. The van der Waals surface area contributed by atoms with Crippen LogP contribution in [0.1, 0.15) is 34.6 Å². The van der Waals surface area contributed by atoms with E-state index in [0.717, 1.165) is 0 Å². The Hall–Kier alpha value is 0.0249. The molecule has 0 saturated carbocycles. The lowest BCUT2D eigenvalue weighted by Crippen LogP contribution is -2.29. The highest BCUT2D eigenvalue weighted by Gasteiger charge is 2.64. The molecule has 1 aliphatic heterocycles. The van der Waals surface area contributed by atoms with Gasteiger partial charge in [-0.15, -0.1) is 0 Å². The van der Waals surface area contributed by atoms with Crippen LogP contribution in [0.3, 0.4) is 0 Å². The van der Waals surface area contributed by atoms with Crippen LogP contribution in [-0.2, 0) is 0 Å². The van der Waals surface area contributed by atoms with E-state index in [9.17, 15) is 0 Å². The van der Waals surface area contributed by atoms with Crippen molar-refractivity contribution in [2.45, 2.75) is 51.3 Å². The fraction of sp³-hybridized carbons (Fsp3) is 1.00. The SMILES string of the molecule is CC(C)C1(C(C)N)[B]C1(C)C. The third-order valence-corrected chi connectivity index (χ3v) is 3.34. The van der Waals surface area contributed by atoms with Crippen LogP contribution in [0.5, 0.6) is 0 Å². The highest BCUT2D eigenvalue weighted by atomic mass is 14.7. The van der Waals surface area contributed by atoms with Gasteiger partial charge in [0.25, 0.3) is 0 Å². The monoisotopic (exact) mass is 152 g/mol. The first kappa shape index (κ1) is 9.12. The second-order valence-corrected chi connectivity index (χ2v) is 4.74. The average molecular weight is 152 g/mol. The molecule has 2 N–H and O–H groups in total. The zero-order valence-corrected chi connectivity index (χ0v) is 8.31. The molecule has 0 aliphatic carbocycles. The third kappa shape index (κ3) is 1.03. The van der Waals surface area contributed by atoms with Crippen LogP contribution < -0.4 is 5.73 Å². The minimum absolute atomic E-state index is 0.289. The molecule has 0 aromatic carbocycles. The van der Waals surface area contributed by atoms with Crippen molar-refractivity contribution in [2.75, 3.05) is 0 Å². The predicted molar refractivity (Wildman–Crippen MR) is 51.0 cm³/mol. The number of nitrogens with two attached hydrogens (primary N) is 1. The van der Waals surface area contributed by atoms with Gasteiger partial charge in [-0.3, -0.25) is 0 Å². The van der Waals surface area contributed by atoms with E-state index in [1.165, 1.54) is 0 Å². The lowest BCUT2D eigenvalue weighted by atomic mass is 9.73. The molecule has 0 bridgehead atoms. The van der Waals surface area contributed by atoms with Crippen molar-refractivity contribution >= 4 is 7.28 Å². The van der Waals surface area contributed by atoms with Gasteiger partial charge in [0.05, 0.1) is 0 Å². The summed E-state index contributed by atoms with van der Waals surface area (Å²) in [6.07, 6.45) is 0. The van der Waals surface area contributed by atoms with Crippen LogP contribution in [0, 0.1) is 5.92 Å². The Balaban J connectivity index is 2.80. The number of hydrogen-bond acceptors (Lipinski definition) is 1. The summed E-state index contributed by atoms with van der Waals surface area (Å²) in [5.74, 6) is 0.664. The fourth-order valence-corrected chi connectivity index (χ4v) is 2.72. The smallest absolute Gasteiger partial charge is 0.127 e. The van der Waals surface area contributed by atoms with Crippen molar-refractivity contribution in [2.24, 2.45) is 11.7 Å². The lowest BCUT2D eigenvalue weighted by Gasteiger charge is -2.30. The predicted octanol–water partition coefficient (Wildman–Crippen LogP) is 2.06. The molecule has 2 heteroatoms. The quantitative estimate of drug-likeness (QED) is 0.602. The summed E-state index contributed by atoms with van der Waals surface area (Å²) in [4.78, 5) is 0. The van der Waals surface area contributed by atoms with E-state index in [2.05, 4.69) is 41.9 Å². The maximum absolute atomic E-state index is 5.98. The average Bonchev–Trinajstić information content (AvgIpc) is 2.35. The number of rotatable bonds is 2. The molecule has 1 fully saturated rings. The Morgan fingerprint density at radius 3 is 1.55 bits per heavy atom.